The van der Waals surface area contributed by atoms with Crippen LogP contribution in [0, 0.1) is 12.8 Å². The number of aliphatic hydroxyl groups excluding tert-OH is 1. The van der Waals surface area contributed by atoms with Gasteiger partial charge in [0.2, 0.25) is 0 Å². The maximum atomic E-state index is 10.0. The van der Waals surface area contributed by atoms with E-state index in [1.807, 2.05) is 19.1 Å². The van der Waals surface area contributed by atoms with Gasteiger partial charge in [-0.15, -0.1) is 0 Å². The normalized spacial score (nSPS) is 13.0. The highest BCUT2D eigenvalue weighted by atomic mass is 35.5. The molecule has 0 saturated carbocycles. The number of benzene rings is 1. The van der Waals surface area contributed by atoms with Gasteiger partial charge in [-0.25, -0.2) is 0 Å². The van der Waals surface area contributed by atoms with Crippen LogP contribution in [0.2, 0.25) is 5.02 Å². The Morgan fingerprint density at radius 3 is 2.50 bits per heavy atom. The van der Waals surface area contributed by atoms with Crippen LogP contribution in [0.25, 0.3) is 0 Å². The first-order chi connectivity index (χ1) is 8.58. The van der Waals surface area contributed by atoms with E-state index in [4.69, 9.17) is 11.6 Å². The first-order valence-electron chi connectivity index (χ1n) is 6.72. The molecule has 0 aliphatic heterocycles. The van der Waals surface area contributed by atoms with E-state index < -0.39 is 0 Å². The SMILES string of the molecule is CCC(CC)C(O)CNCc1ccc(C)cc1Cl. The summed E-state index contributed by atoms with van der Waals surface area (Å²) >= 11 is 6.16. The van der Waals surface area contributed by atoms with Crippen LogP contribution in [-0.4, -0.2) is 17.8 Å². The van der Waals surface area contributed by atoms with Crippen molar-refractivity contribution in [3.05, 3.63) is 34.3 Å². The highest BCUT2D eigenvalue weighted by Gasteiger charge is 2.14. The quantitative estimate of drug-likeness (QED) is 0.794. The van der Waals surface area contributed by atoms with Crippen LogP contribution >= 0.6 is 11.6 Å². The van der Waals surface area contributed by atoms with E-state index in [9.17, 15) is 5.11 Å². The Morgan fingerprint density at radius 1 is 1.28 bits per heavy atom. The Balaban J connectivity index is 2.41. The first kappa shape index (κ1) is 15.5. The predicted molar refractivity (Wildman–Crippen MR) is 78.0 cm³/mol. The third-order valence-corrected chi connectivity index (χ3v) is 3.82. The molecule has 1 aromatic rings. The lowest BCUT2D eigenvalue weighted by atomic mass is 9.96. The molecule has 0 fully saturated rings. The van der Waals surface area contributed by atoms with Crippen molar-refractivity contribution in [1.82, 2.24) is 5.32 Å². The van der Waals surface area contributed by atoms with Crippen LogP contribution in [0.5, 0.6) is 0 Å². The average molecular weight is 270 g/mol. The predicted octanol–water partition coefficient (Wildman–Crippen LogP) is 3.54. The molecular formula is C15H24ClNO. The zero-order valence-corrected chi connectivity index (χ0v) is 12.3. The minimum Gasteiger partial charge on any atom is -0.392 e. The van der Waals surface area contributed by atoms with Crippen molar-refractivity contribution in [1.29, 1.82) is 0 Å². The van der Waals surface area contributed by atoms with Gasteiger partial charge in [0.1, 0.15) is 0 Å². The molecule has 3 heteroatoms. The zero-order chi connectivity index (χ0) is 13.5. The molecule has 0 bridgehead atoms. The summed E-state index contributed by atoms with van der Waals surface area (Å²) in [5.74, 6) is 0.381. The van der Waals surface area contributed by atoms with Gasteiger partial charge in [-0.2, -0.15) is 0 Å². The van der Waals surface area contributed by atoms with Crippen LogP contribution in [0.3, 0.4) is 0 Å². The minimum absolute atomic E-state index is 0.274. The number of aryl methyl sites for hydroxylation is 1. The second-order valence-corrected chi connectivity index (χ2v) is 5.28. The molecule has 1 unspecified atom stereocenters. The average Bonchev–Trinajstić information content (AvgIpc) is 2.33. The van der Waals surface area contributed by atoms with Gasteiger partial charge >= 0.3 is 0 Å². The second-order valence-electron chi connectivity index (χ2n) is 4.87. The highest BCUT2D eigenvalue weighted by molar-refractivity contribution is 6.31. The molecule has 0 aliphatic rings. The molecule has 18 heavy (non-hydrogen) atoms. The van der Waals surface area contributed by atoms with Crippen LogP contribution in [0.4, 0.5) is 0 Å². The number of nitrogens with one attached hydrogen (secondary N) is 1. The van der Waals surface area contributed by atoms with Crippen molar-refractivity contribution in [3.63, 3.8) is 0 Å². The van der Waals surface area contributed by atoms with Crippen LogP contribution < -0.4 is 5.32 Å². The van der Waals surface area contributed by atoms with Gasteiger partial charge in [-0.1, -0.05) is 50.4 Å². The molecule has 0 aliphatic carbocycles. The van der Waals surface area contributed by atoms with Crippen LogP contribution in [0.1, 0.15) is 37.8 Å². The molecular weight excluding hydrogens is 246 g/mol. The Kier molecular flexibility index (Phi) is 6.69. The summed E-state index contributed by atoms with van der Waals surface area (Å²) in [4.78, 5) is 0. The third-order valence-electron chi connectivity index (χ3n) is 3.47. The molecule has 0 saturated heterocycles. The molecule has 1 rings (SSSR count). The Labute approximate surface area is 115 Å². The Bertz CT molecular complexity index is 364. The van der Waals surface area contributed by atoms with Gasteiger partial charge < -0.3 is 10.4 Å². The molecule has 0 radical (unpaired) electrons. The maximum Gasteiger partial charge on any atom is 0.0692 e. The lowest BCUT2D eigenvalue weighted by Gasteiger charge is -2.20. The molecule has 0 amide bonds. The summed E-state index contributed by atoms with van der Waals surface area (Å²) in [7, 11) is 0. The van der Waals surface area contributed by atoms with E-state index in [2.05, 4.69) is 25.2 Å². The molecule has 102 valence electrons. The standard InChI is InChI=1S/C15H24ClNO/c1-4-12(5-2)15(18)10-17-9-13-7-6-11(3)8-14(13)16/h6-8,12,15,17-18H,4-5,9-10H2,1-3H3. The largest absolute Gasteiger partial charge is 0.392 e. The zero-order valence-electron chi connectivity index (χ0n) is 11.5. The number of rotatable bonds is 7. The molecule has 0 spiro atoms. The number of hydrogen-bond donors (Lipinski definition) is 2. The summed E-state index contributed by atoms with van der Waals surface area (Å²) in [6.45, 7) is 7.59. The highest BCUT2D eigenvalue weighted by Crippen LogP contribution is 2.17. The molecule has 0 aromatic heterocycles. The number of aliphatic hydroxyl groups is 1. The second kappa shape index (κ2) is 7.78. The van der Waals surface area contributed by atoms with Crippen LogP contribution in [0.15, 0.2) is 18.2 Å². The van der Waals surface area contributed by atoms with Crippen molar-refractivity contribution in [3.8, 4) is 0 Å². The minimum atomic E-state index is -0.274. The van der Waals surface area contributed by atoms with Crippen molar-refractivity contribution >= 4 is 11.6 Å². The van der Waals surface area contributed by atoms with Gasteiger partial charge in [-0.3, -0.25) is 0 Å². The van der Waals surface area contributed by atoms with Gasteiger partial charge in [0.05, 0.1) is 6.10 Å². The lowest BCUT2D eigenvalue weighted by molar-refractivity contribution is 0.101. The van der Waals surface area contributed by atoms with Crippen molar-refractivity contribution < 1.29 is 5.11 Å². The lowest BCUT2D eigenvalue weighted by Crippen LogP contribution is -2.32. The molecule has 0 heterocycles. The fourth-order valence-corrected chi connectivity index (χ4v) is 2.45. The Hall–Kier alpha value is -0.570. The smallest absolute Gasteiger partial charge is 0.0692 e. The van der Waals surface area contributed by atoms with E-state index in [-0.39, 0.29) is 6.10 Å². The summed E-state index contributed by atoms with van der Waals surface area (Å²) in [6, 6.07) is 6.06. The first-order valence-corrected chi connectivity index (χ1v) is 7.10. The van der Waals surface area contributed by atoms with Gasteiger partial charge in [0, 0.05) is 18.1 Å². The fraction of sp³-hybridized carbons (Fsp3) is 0.600. The molecule has 1 aromatic carbocycles. The van der Waals surface area contributed by atoms with Gasteiger partial charge in [0.15, 0.2) is 0 Å². The summed E-state index contributed by atoms with van der Waals surface area (Å²) in [5.41, 5.74) is 2.25. The molecule has 2 nitrogen and oxygen atoms in total. The topological polar surface area (TPSA) is 32.3 Å². The van der Waals surface area contributed by atoms with E-state index >= 15 is 0 Å². The summed E-state index contributed by atoms with van der Waals surface area (Å²) in [5, 5.41) is 14.1. The van der Waals surface area contributed by atoms with Crippen molar-refractivity contribution in [2.45, 2.75) is 46.3 Å². The molecule has 2 N–H and O–H groups in total. The monoisotopic (exact) mass is 269 g/mol. The van der Waals surface area contributed by atoms with E-state index in [1.165, 1.54) is 5.56 Å². The summed E-state index contributed by atoms with van der Waals surface area (Å²) < 4.78 is 0. The fourth-order valence-electron chi connectivity index (χ4n) is 2.15. The van der Waals surface area contributed by atoms with E-state index in [0.717, 1.165) is 23.4 Å². The molecule has 1 atom stereocenters. The van der Waals surface area contributed by atoms with Crippen molar-refractivity contribution in [2.24, 2.45) is 5.92 Å². The number of hydrogen-bond acceptors (Lipinski definition) is 2. The van der Waals surface area contributed by atoms with Gasteiger partial charge in [-0.05, 0) is 30.0 Å². The van der Waals surface area contributed by atoms with E-state index in [0.29, 0.717) is 19.0 Å². The van der Waals surface area contributed by atoms with Crippen LogP contribution in [-0.2, 0) is 6.54 Å². The summed E-state index contributed by atoms with van der Waals surface area (Å²) in [6.07, 6.45) is 1.76. The maximum absolute atomic E-state index is 10.0. The van der Waals surface area contributed by atoms with Gasteiger partial charge in [0.25, 0.3) is 0 Å². The third kappa shape index (κ3) is 4.60. The van der Waals surface area contributed by atoms with Crippen molar-refractivity contribution in [2.75, 3.05) is 6.54 Å². The van der Waals surface area contributed by atoms with E-state index in [1.54, 1.807) is 0 Å². The Morgan fingerprint density at radius 2 is 1.94 bits per heavy atom. The number of halogens is 1.